The minimum absolute atomic E-state index is 0.202. The summed E-state index contributed by atoms with van der Waals surface area (Å²) in [5.74, 6) is -0.511. The Morgan fingerprint density at radius 2 is 1.86 bits per heavy atom. The Kier molecular flexibility index (Phi) is 5.22. The smallest absolute Gasteiger partial charge is 0.338 e. The Morgan fingerprint density at radius 3 is 2.52 bits per heavy atom. The molecule has 3 aromatic rings. The Balaban J connectivity index is 1.99. The lowest BCUT2D eigenvalue weighted by Crippen LogP contribution is -2.39. The van der Waals surface area contributed by atoms with Crippen molar-refractivity contribution < 1.29 is 9.53 Å². The lowest BCUT2D eigenvalue weighted by Gasteiger charge is -2.24. The number of benzene rings is 2. The van der Waals surface area contributed by atoms with Gasteiger partial charge in [-0.25, -0.2) is 9.79 Å². The van der Waals surface area contributed by atoms with Crippen LogP contribution in [0.3, 0.4) is 0 Å². The molecule has 146 valence electrons. The quantitative estimate of drug-likeness (QED) is 0.607. The van der Waals surface area contributed by atoms with Gasteiger partial charge in [-0.1, -0.05) is 65.4 Å². The maximum Gasteiger partial charge on any atom is 0.338 e. The third-order valence-electron chi connectivity index (χ3n) is 4.71. The highest BCUT2D eigenvalue weighted by Gasteiger charge is 2.32. The lowest BCUT2D eigenvalue weighted by molar-refractivity contribution is -0.136. The molecule has 0 amide bonds. The topological polar surface area (TPSA) is 60.7 Å². The van der Waals surface area contributed by atoms with Gasteiger partial charge in [-0.2, -0.15) is 0 Å². The van der Waals surface area contributed by atoms with Crippen LogP contribution >= 0.6 is 22.9 Å². The molecule has 7 heteroatoms. The molecular formula is C22H17ClN2O3S. The number of methoxy groups -OCH3 is 1. The van der Waals surface area contributed by atoms with Gasteiger partial charge in [-0.3, -0.25) is 9.36 Å². The van der Waals surface area contributed by atoms with E-state index in [4.69, 9.17) is 16.3 Å². The van der Waals surface area contributed by atoms with Crippen LogP contribution in [0, 0.1) is 0 Å². The summed E-state index contributed by atoms with van der Waals surface area (Å²) in [6, 6.07) is 16.1. The molecule has 2 aromatic carbocycles. The second-order valence-corrected chi connectivity index (χ2v) is 7.98. The number of carbonyl (C=O) groups is 1. The average molecular weight is 425 g/mol. The van der Waals surface area contributed by atoms with E-state index in [2.05, 4.69) is 4.99 Å². The van der Waals surface area contributed by atoms with Gasteiger partial charge in [0.05, 0.1) is 29.0 Å². The van der Waals surface area contributed by atoms with Gasteiger partial charge in [0.1, 0.15) is 0 Å². The molecule has 0 N–H and O–H groups in total. The number of thiazole rings is 1. The molecule has 1 atom stereocenters. The van der Waals surface area contributed by atoms with Gasteiger partial charge in [0.2, 0.25) is 0 Å². The molecule has 0 saturated carbocycles. The molecule has 1 aliphatic rings. The Hall–Kier alpha value is -2.96. The van der Waals surface area contributed by atoms with Gasteiger partial charge in [0.25, 0.3) is 5.56 Å². The number of hydrogen-bond acceptors (Lipinski definition) is 5. The van der Waals surface area contributed by atoms with Crippen LogP contribution in [0.2, 0.25) is 5.02 Å². The van der Waals surface area contributed by atoms with Crippen LogP contribution in [0.1, 0.15) is 24.1 Å². The predicted octanol–water partition coefficient (Wildman–Crippen LogP) is 3.06. The predicted molar refractivity (Wildman–Crippen MR) is 114 cm³/mol. The second-order valence-electron chi connectivity index (χ2n) is 6.54. The highest BCUT2D eigenvalue weighted by molar-refractivity contribution is 7.07. The van der Waals surface area contributed by atoms with Crippen LogP contribution in [0.15, 0.2) is 75.7 Å². The molecule has 2 heterocycles. The van der Waals surface area contributed by atoms with Gasteiger partial charge < -0.3 is 4.74 Å². The molecule has 0 fully saturated rings. The monoisotopic (exact) mass is 424 g/mol. The molecule has 1 aromatic heterocycles. The van der Waals surface area contributed by atoms with E-state index in [9.17, 15) is 9.59 Å². The van der Waals surface area contributed by atoms with E-state index in [0.717, 1.165) is 11.1 Å². The van der Waals surface area contributed by atoms with Crippen molar-refractivity contribution in [2.75, 3.05) is 7.11 Å². The summed E-state index contributed by atoms with van der Waals surface area (Å²) in [5.41, 5.74) is 2.35. The van der Waals surface area contributed by atoms with E-state index in [0.29, 0.717) is 25.6 Å². The molecule has 0 saturated heterocycles. The van der Waals surface area contributed by atoms with Crippen LogP contribution in [-0.4, -0.2) is 17.6 Å². The van der Waals surface area contributed by atoms with Crippen LogP contribution in [0.25, 0.3) is 6.08 Å². The normalized spacial score (nSPS) is 16.4. The molecule has 0 bridgehead atoms. The fourth-order valence-corrected chi connectivity index (χ4v) is 4.53. The fraction of sp³-hybridized carbons (Fsp3) is 0.136. The van der Waals surface area contributed by atoms with E-state index in [1.165, 1.54) is 18.4 Å². The number of esters is 1. The van der Waals surface area contributed by atoms with Crippen molar-refractivity contribution in [1.82, 2.24) is 4.57 Å². The van der Waals surface area contributed by atoms with Crippen molar-refractivity contribution in [2.24, 2.45) is 4.99 Å². The van der Waals surface area contributed by atoms with Gasteiger partial charge >= 0.3 is 5.97 Å². The summed E-state index contributed by atoms with van der Waals surface area (Å²) in [6.45, 7) is 1.75. The molecule has 1 aliphatic heterocycles. The third-order valence-corrected chi connectivity index (χ3v) is 5.94. The number of fused-ring (bicyclic) bond motifs is 1. The highest BCUT2D eigenvalue weighted by Crippen LogP contribution is 2.31. The second kappa shape index (κ2) is 7.81. The summed E-state index contributed by atoms with van der Waals surface area (Å²) in [5, 5.41) is 0.575. The molecule has 4 rings (SSSR count). The fourth-order valence-electron chi connectivity index (χ4n) is 3.35. The van der Waals surface area contributed by atoms with Crippen molar-refractivity contribution in [2.45, 2.75) is 13.0 Å². The van der Waals surface area contributed by atoms with Crippen LogP contribution in [0.5, 0.6) is 0 Å². The number of aromatic nitrogens is 1. The first kappa shape index (κ1) is 19.4. The Bertz CT molecular complexity index is 1290. The molecular weight excluding hydrogens is 408 g/mol. The molecule has 0 aliphatic carbocycles. The number of allylic oxidation sites excluding steroid dienone is 1. The van der Waals surface area contributed by atoms with E-state index >= 15 is 0 Å². The number of halogens is 1. The standard InChI is InChI=1S/C22H17ClN2O3S/c1-13-18(21(27)28-2)19(15-8-10-16(23)11-9-15)25-20(26)17(29-22(25)24-13)12-14-6-4-3-5-7-14/h3-12,19H,1-2H3/b17-12+. The summed E-state index contributed by atoms with van der Waals surface area (Å²) in [4.78, 5) is 30.9. The van der Waals surface area contributed by atoms with E-state index in [1.54, 1.807) is 23.6 Å². The van der Waals surface area contributed by atoms with Gasteiger partial charge in [0, 0.05) is 5.02 Å². The van der Waals surface area contributed by atoms with Gasteiger partial charge in [0.15, 0.2) is 4.80 Å². The number of carbonyl (C=O) groups excluding carboxylic acids is 1. The zero-order valence-corrected chi connectivity index (χ0v) is 17.3. The minimum Gasteiger partial charge on any atom is -0.466 e. The maximum atomic E-state index is 13.3. The van der Waals surface area contributed by atoms with Crippen LogP contribution in [0.4, 0.5) is 0 Å². The Labute approximate surface area is 175 Å². The van der Waals surface area contributed by atoms with E-state index < -0.39 is 12.0 Å². The van der Waals surface area contributed by atoms with Crippen LogP contribution < -0.4 is 14.9 Å². The Morgan fingerprint density at radius 1 is 1.17 bits per heavy atom. The van der Waals surface area contributed by atoms with Crippen molar-refractivity contribution in [1.29, 1.82) is 0 Å². The SMILES string of the molecule is COC(=O)C1=C(C)N=c2s/c(=C/c3ccccc3)c(=O)n2C1c1ccc(Cl)cc1. The summed E-state index contributed by atoms with van der Waals surface area (Å²) in [6.07, 6.45) is 1.83. The van der Waals surface area contributed by atoms with Crippen molar-refractivity contribution >= 4 is 35.0 Å². The van der Waals surface area contributed by atoms with Crippen LogP contribution in [-0.2, 0) is 9.53 Å². The summed E-state index contributed by atoms with van der Waals surface area (Å²) >= 11 is 7.34. The highest BCUT2D eigenvalue weighted by atomic mass is 35.5. The first-order chi connectivity index (χ1) is 14.0. The van der Waals surface area contributed by atoms with Gasteiger partial charge in [-0.05, 0) is 36.3 Å². The lowest BCUT2D eigenvalue weighted by atomic mass is 9.96. The molecule has 29 heavy (non-hydrogen) atoms. The zero-order valence-electron chi connectivity index (χ0n) is 15.8. The number of nitrogens with zero attached hydrogens (tertiary/aromatic N) is 2. The average Bonchev–Trinajstić information content (AvgIpc) is 3.02. The number of rotatable bonds is 3. The largest absolute Gasteiger partial charge is 0.466 e. The van der Waals surface area contributed by atoms with Crippen molar-refractivity contribution in [3.63, 3.8) is 0 Å². The minimum atomic E-state index is -0.631. The first-order valence-corrected chi connectivity index (χ1v) is 10.1. The maximum absolute atomic E-state index is 13.3. The summed E-state index contributed by atoms with van der Waals surface area (Å²) < 4.78 is 7.10. The van der Waals surface area contributed by atoms with Crippen molar-refractivity contribution in [3.8, 4) is 0 Å². The van der Waals surface area contributed by atoms with Gasteiger partial charge in [-0.15, -0.1) is 0 Å². The third kappa shape index (κ3) is 3.57. The first-order valence-electron chi connectivity index (χ1n) is 8.91. The number of hydrogen-bond donors (Lipinski definition) is 0. The van der Waals surface area contributed by atoms with E-state index in [-0.39, 0.29) is 5.56 Å². The molecule has 1 unspecified atom stereocenters. The molecule has 0 radical (unpaired) electrons. The molecule has 0 spiro atoms. The summed E-state index contributed by atoms with van der Waals surface area (Å²) in [7, 11) is 1.32. The van der Waals surface area contributed by atoms with Crippen molar-refractivity contribution in [3.05, 3.63) is 102 Å². The van der Waals surface area contributed by atoms with E-state index in [1.807, 2.05) is 48.5 Å². The zero-order chi connectivity index (χ0) is 20.5. The molecule has 5 nitrogen and oxygen atoms in total. The number of ether oxygens (including phenoxy) is 1.